The number of carbonyl (C=O) groups is 2. The first kappa shape index (κ1) is 19.2. The second-order valence-electron chi connectivity index (χ2n) is 6.13. The van der Waals surface area contributed by atoms with Crippen molar-refractivity contribution in [2.45, 2.75) is 58.4 Å². The van der Waals surface area contributed by atoms with Gasteiger partial charge in [-0.05, 0) is 30.7 Å². The SMILES string of the molecule is CC(C)C(NC(=O)CC1(CN)CCCCC1)C(N)=O.Cl. The van der Waals surface area contributed by atoms with E-state index in [0.29, 0.717) is 13.0 Å². The third-order valence-corrected chi connectivity index (χ3v) is 4.17. The Bertz CT molecular complexity index is 328. The Hall–Kier alpha value is -0.810. The number of primary amides is 1. The van der Waals surface area contributed by atoms with Gasteiger partial charge in [-0.2, -0.15) is 0 Å². The van der Waals surface area contributed by atoms with E-state index in [-0.39, 0.29) is 29.6 Å². The molecule has 20 heavy (non-hydrogen) atoms. The number of rotatable bonds is 6. The van der Waals surface area contributed by atoms with Gasteiger partial charge in [-0.3, -0.25) is 9.59 Å². The first-order valence-corrected chi connectivity index (χ1v) is 7.19. The highest BCUT2D eigenvalue weighted by atomic mass is 35.5. The molecule has 5 nitrogen and oxygen atoms in total. The number of amides is 2. The summed E-state index contributed by atoms with van der Waals surface area (Å²) in [6.45, 7) is 4.27. The molecular formula is C14H28ClN3O2. The average Bonchev–Trinajstić information content (AvgIpc) is 2.36. The van der Waals surface area contributed by atoms with Gasteiger partial charge in [0.05, 0.1) is 0 Å². The predicted molar refractivity (Wildman–Crippen MR) is 82.4 cm³/mol. The molecule has 0 spiro atoms. The fraction of sp³-hybridized carbons (Fsp3) is 0.857. The summed E-state index contributed by atoms with van der Waals surface area (Å²) in [4.78, 5) is 23.4. The summed E-state index contributed by atoms with van der Waals surface area (Å²) in [5.41, 5.74) is 11.1. The molecule has 0 radical (unpaired) electrons. The smallest absolute Gasteiger partial charge is 0.240 e. The molecule has 0 heterocycles. The van der Waals surface area contributed by atoms with Gasteiger partial charge in [0.1, 0.15) is 6.04 Å². The van der Waals surface area contributed by atoms with E-state index in [1.54, 1.807) is 0 Å². The second kappa shape index (κ2) is 8.47. The molecule has 0 aliphatic heterocycles. The molecule has 0 aromatic rings. The molecule has 5 N–H and O–H groups in total. The van der Waals surface area contributed by atoms with Crippen molar-refractivity contribution in [2.24, 2.45) is 22.8 Å². The number of carbonyl (C=O) groups excluding carboxylic acids is 2. The summed E-state index contributed by atoms with van der Waals surface area (Å²) < 4.78 is 0. The van der Waals surface area contributed by atoms with Crippen LogP contribution in [0.5, 0.6) is 0 Å². The molecule has 0 aromatic carbocycles. The van der Waals surface area contributed by atoms with E-state index in [9.17, 15) is 9.59 Å². The van der Waals surface area contributed by atoms with Crippen LogP contribution < -0.4 is 16.8 Å². The highest BCUT2D eigenvalue weighted by molar-refractivity contribution is 5.87. The first-order chi connectivity index (χ1) is 8.90. The molecule has 1 aliphatic rings. The van der Waals surface area contributed by atoms with Gasteiger partial charge in [0.25, 0.3) is 0 Å². The first-order valence-electron chi connectivity index (χ1n) is 7.19. The third kappa shape index (κ3) is 5.29. The Morgan fingerprint density at radius 1 is 1.20 bits per heavy atom. The van der Waals surface area contributed by atoms with Gasteiger partial charge in [0, 0.05) is 6.42 Å². The summed E-state index contributed by atoms with van der Waals surface area (Å²) in [7, 11) is 0. The minimum atomic E-state index is -0.592. The fourth-order valence-electron chi connectivity index (χ4n) is 2.89. The molecule has 1 fully saturated rings. The Morgan fingerprint density at radius 2 is 1.75 bits per heavy atom. The maximum Gasteiger partial charge on any atom is 0.240 e. The van der Waals surface area contributed by atoms with Gasteiger partial charge in [-0.15, -0.1) is 12.4 Å². The number of halogens is 1. The van der Waals surface area contributed by atoms with Crippen LogP contribution in [0.25, 0.3) is 0 Å². The number of hydrogen-bond acceptors (Lipinski definition) is 3. The lowest BCUT2D eigenvalue weighted by Crippen LogP contribution is -2.49. The Balaban J connectivity index is 0.00000361. The van der Waals surface area contributed by atoms with E-state index >= 15 is 0 Å². The zero-order valence-electron chi connectivity index (χ0n) is 12.5. The Morgan fingerprint density at radius 3 is 2.15 bits per heavy atom. The highest BCUT2D eigenvalue weighted by Crippen LogP contribution is 2.38. The molecular weight excluding hydrogens is 278 g/mol. The zero-order valence-corrected chi connectivity index (χ0v) is 13.3. The van der Waals surface area contributed by atoms with Crippen LogP contribution in [0.2, 0.25) is 0 Å². The van der Waals surface area contributed by atoms with Gasteiger partial charge >= 0.3 is 0 Å². The van der Waals surface area contributed by atoms with Crippen LogP contribution in [0.4, 0.5) is 0 Å². The monoisotopic (exact) mass is 305 g/mol. The van der Waals surface area contributed by atoms with Gasteiger partial charge in [-0.1, -0.05) is 33.1 Å². The topological polar surface area (TPSA) is 98.2 Å². The summed E-state index contributed by atoms with van der Waals surface area (Å²) >= 11 is 0. The standard InChI is InChI=1S/C14H27N3O2.ClH/c1-10(2)12(13(16)19)17-11(18)8-14(9-15)6-4-3-5-7-14;/h10,12H,3-9,15H2,1-2H3,(H2,16,19)(H,17,18);1H. The average molecular weight is 306 g/mol. The molecule has 0 saturated heterocycles. The zero-order chi connectivity index (χ0) is 14.5. The Labute approximate surface area is 127 Å². The van der Waals surface area contributed by atoms with Gasteiger partial charge in [0.15, 0.2) is 0 Å². The van der Waals surface area contributed by atoms with E-state index in [1.807, 2.05) is 13.8 Å². The lowest BCUT2D eigenvalue weighted by molar-refractivity contribution is -0.130. The van der Waals surface area contributed by atoms with Gasteiger partial charge < -0.3 is 16.8 Å². The summed E-state index contributed by atoms with van der Waals surface area (Å²) in [6.07, 6.45) is 5.89. The lowest BCUT2D eigenvalue weighted by Gasteiger charge is -2.36. The highest BCUT2D eigenvalue weighted by Gasteiger charge is 2.34. The van der Waals surface area contributed by atoms with Crippen LogP contribution in [0, 0.1) is 11.3 Å². The molecule has 2 amide bonds. The van der Waals surface area contributed by atoms with Gasteiger partial charge in [0.2, 0.25) is 11.8 Å². The van der Waals surface area contributed by atoms with Crippen molar-refractivity contribution >= 4 is 24.2 Å². The molecule has 0 bridgehead atoms. The van der Waals surface area contributed by atoms with Crippen molar-refractivity contribution < 1.29 is 9.59 Å². The molecule has 1 atom stereocenters. The second-order valence-corrected chi connectivity index (χ2v) is 6.13. The maximum atomic E-state index is 12.1. The number of nitrogens with two attached hydrogens (primary N) is 2. The predicted octanol–water partition coefficient (Wildman–Crippen LogP) is 1.33. The molecule has 1 rings (SSSR count). The Kier molecular flexibility index (Phi) is 8.13. The van der Waals surface area contributed by atoms with E-state index in [2.05, 4.69) is 5.32 Å². The van der Waals surface area contributed by atoms with Crippen molar-refractivity contribution in [3.05, 3.63) is 0 Å². The minimum absolute atomic E-state index is 0. The molecule has 1 aliphatic carbocycles. The normalized spacial score (nSPS) is 19.0. The van der Waals surface area contributed by atoms with Crippen molar-refractivity contribution in [1.29, 1.82) is 0 Å². The third-order valence-electron chi connectivity index (χ3n) is 4.17. The molecule has 0 aromatic heterocycles. The number of hydrogen-bond donors (Lipinski definition) is 3. The number of nitrogens with one attached hydrogen (secondary N) is 1. The van der Waals surface area contributed by atoms with Crippen molar-refractivity contribution in [3.8, 4) is 0 Å². The van der Waals surface area contributed by atoms with E-state index < -0.39 is 11.9 Å². The van der Waals surface area contributed by atoms with E-state index in [1.165, 1.54) is 6.42 Å². The lowest BCUT2D eigenvalue weighted by atomic mass is 9.71. The van der Waals surface area contributed by atoms with Crippen molar-refractivity contribution in [3.63, 3.8) is 0 Å². The van der Waals surface area contributed by atoms with E-state index in [4.69, 9.17) is 11.5 Å². The molecule has 1 saturated carbocycles. The van der Waals surface area contributed by atoms with Crippen LogP contribution in [0.1, 0.15) is 52.4 Å². The summed E-state index contributed by atoms with van der Waals surface area (Å²) in [5, 5.41) is 2.75. The van der Waals surface area contributed by atoms with Crippen LogP contribution in [0.15, 0.2) is 0 Å². The molecule has 1 unspecified atom stereocenters. The van der Waals surface area contributed by atoms with Crippen LogP contribution in [-0.2, 0) is 9.59 Å². The molecule has 118 valence electrons. The summed E-state index contributed by atoms with van der Waals surface area (Å²) in [6, 6.07) is -0.592. The maximum absolute atomic E-state index is 12.1. The van der Waals surface area contributed by atoms with Crippen molar-refractivity contribution in [1.82, 2.24) is 5.32 Å². The molecule has 6 heteroatoms. The van der Waals surface area contributed by atoms with Crippen LogP contribution in [-0.4, -0.2) is 24.4 Å². The van der Waals surface area contributed by atoms with Crippen molar-refractivity contribution in [2.75, 3.05) is 6.54 Å². The van der Waals surface area contributed by atoms with Gasteiger partial charge in [-0.25, -0.2) is 0 Å². The largest absolute Gasteiger partial charge is 0.368 e. The quantitative estimate of drug-likeness (QED) is 0.690. The van der Waals surface area contributed by atoms with Crippen LogP contribution in [0.3, 0.4) is 0 Å². The minimum Gasteiger partial charge on any atom is -0.368 e. The van der Waals surface area contributed by atoms with E-state index in [0.717, 1.165) is 25.7 Å². The van der Waals surface area contributed by atoms with Crippen LogP contribution >= 0.6 is 12.4 Å². The fourth-order valence-corrected chi connectivity index (χ4v) is 2.89. The summed E-state index contributed by atoms with van der Waals surface area (Å²) in [5.74, 6) is -0.583.